The molecule has 0 bridgehead atoms. The van der Waals surface area contributed by atoms with Crippen LogP contribution in [0.1, 0.15) is 22.8 Å². The summed E-state index contributed by atoms with van der Waals surface area (Å²) in [6.45, 7) is 1.86. The third-order valence-corrected chi connectivity index (χ3v) is 4.18. The molecular weight excluding hydrogens is 411 g/mol. The Morgan fingerprint density at radius 2 is 1.77 bits per heavy atom. The Bertz CT molecular complexity index is 1060. The summed E-state index contributed by atoms with van der Waals surface area (Å²) in [7, 11) is 0. The van der Waals surface area contributed by atoms with Crippen LogP contribution in [0.15, 0.2) is 48.8 Å². The first-order valence-electron chi connectivity index (χ1n) is 8.60. The average molecular weight is 426 g/mol. The molecular formula is C19H15F5N4O2. The van der Waals surface area contributed by atoms with Gasteiger partial charge < -0.3 is 10.5 Å². The summed E-state index contributed by atoms with van der Waals surface area (Å²) in [4.78, 5) is 15.6. The number of nitrogens with zero attached hydrogens (tertiary/aromatic N) is 3. The molecule has 0 spiro atoms. The number of aromatic nitrogens is 3. The molecule has 1 heterocycles. The quantitative estimate of drug-likeness (QED) is 0.601. The van der Waals surface area contributed by atoms with Crippen LogP contribution < -0.4 is 10.5 Å². The average Bonchev–Trinajstić information content (AvgIpc) is 3.17. The largest absolute Gasteiger partial charge is 0.499 e. The van der Waals surface area contributed by atoms with Crippen LogP contribution in [-0.4, -0.2) is 33.0 Å². The van der Waals surface area contributed by atoms with E-state index >= 15 is 0 Å². The van der Waals surface area contributed by atoms with Crippen LogP contribution in [0.5, 0.6) is 5.75 Å². The topological polar surface area (TPSA) is 83.0 Å². The number of benzene rings is 2. The fourth-order valence-corrected chi connectivity index (χ4v) is 2.66. The number of halogens is 5. The van der Waals surface area contributed by atoms with E-state index in [1.807, 2.05) is 6.92 Å². The van der Waals surface area contributed by atoms with E-state index in [0.717, 1.165) is 17.7 Å². The van der Waals surface area contributed by atoms with Crippen molar-refractivity contribution in [1.29, 1.82) is 0 Å². The molecule has 0 saturated heterocycles. The van der Waals surface area contributed by atoms with Gasteiger partial charge in [0.15, 0.2) is 5.82 Å². The van der Waals surface area contributed by atoms with E-state index in [0.29, 0.717) is 29.1 Å². The Morgan fingerprint density at radius 3 is 2.33 bits per heavy atom. The van der Waals surface area contributed by atoms with Gasteiger partial charge in [-0.3, -0.25) is 4.79 Å². The van der Waals surface area contributed by atoms with Crippen molar-refractivity contribution in [3.63, 3.8) is 0 Å². The molecule has 0 radical (unpaired) electrons. The zero-order chi connectivity index (χ0) is 22.1. The summed E-state index contributed by atoms with van der Waals surface area (Å²) in [5.41, 5.74) is 7.45. The highest BCUT2D eigenvalue weighted by atomic mass is 19.4. The first-order valence-corrected chi connectivity index (χ1v) is 8.60. The first-order chi connectivity index (χ1) is 14.0. The maximum Gasteiger partial charge on any atom is 0.499 e. The standard InChI is InChI=1S/C19H15F5N4O2/c1-2-11-9-12(3-8-15(11)16(25)29)17-26-10-28(27-17)13-4-6-14(7-5-13)30-19(23,24)18(20,21)22/h3-10H,2H2,1H3,(H2,25,29). The SMILES string of the molecule is CCc1cc(-c2ncn(-c3ccc(OC(F)(F)C(F)(F)F)cc3)n2)ccc1C(N)=O. The normalized spacial score (nSPS) is 12.1. The lowest BCUT2D eigenvalue weighted by atomic mass is 10.0. The number of alkyl halides is 5. The number of ether oxygens (including phenoxy) is 1. The third-order valence-electron chi connectivity index (χ3n) is 4.18. The minimum Gasteiger partial charge on any atom is -0.426 e. The molecule has 6 nitrogen and oxygen atoms in total. The minimum absolute atomic E-state index is 0.324. The molecule has 0 saturated carbocycles. The highest BCUT2D eigenvalue weighted by Gasteiger charge is 2.61. The molecule has 2 N–H and O–H groups in total. The van der Waals surface area contributed by atoms with E-state index in [1.165, 1.54) is 23.1 Å². The van der Waals surface area contributed by atoms with E-state index in [2.05, 4.69) is 14.8 Å². The molecule has 0 atom stereocenters. The summed E-state index contributed by atoms with van der Waals surface area (Å²) >= 11 is 0. The first kappa shape index (κ1) is 21.2. The van der Waals surface area contributed by atoms with Crippen molar-refractivity contribution in [2.45, 2.75) is 25.6 Å². The number of carbonyl (C=O) groups excluding carboxylic acids is 1. The van der Waals surface area contributed by atoms with Gasteiger partial charge in [0, 0.05) is 11.1 Å². The molecule has 0 aliphatic carbocycles. The van der Waals surface area contributed by atoms with E-state index in [9.17, 15) is 26.7 Å². The Labute approximate surface area is 167 Å². The lowest BCUT2D eigenvalue weighted by molar-refractivity contribution is -0.360. The predicted octanol–water partition coefficient (Wildman–Crippen LogP) is 4.13. The van der Waals surface area contributed by atoms with E-state index < -0.39 is 23.9 Å². The zero-order valence-corrected chi connectivity index (χ0v) is 15.5. The Hall–Kier alpha value is -3.50. The van der Waals surface area contributed by atoms with Crippen molar-refractivity contribution in [3.05, 3.63) is 59.9 Å². The molecule has 1 aromatic heterocycles. The summed E-state index contributed by atoms with van der Waals surface area (Å²) in [6, 6.07) is 9.39. The lowest BCUT2D eigenvalue weighted by Gasteiger charge is -2.20. The molecule has 2 aromatic carbocycles. The fraction of sp³-hybridized carbons (Fsp3) is 0.211. The van der Waals surface area contributed by atoms with Gasteiger partial charge in [0.25, 0.3) is 0 Å². The van der Waals surface area contributed by atoms with Crippen LogP contribution in [0, 0.1) is 0 Å². The van der Waals surface area contributed by atoms with Gasteiger partial charge in [-0.1, -0.05) is 13.0 Å². The number of hydrogen-bond donors (Lipinski definition) is 1. The molecule has 11 heteroatoms. The highest BCUT2D eigenvalue weighted by Crippen LogP contribution is 2.37. The van der Waals surface area contributed by atoms with Crippen molar-refractivity contribution in [1.82, 2.24) is 14.8 Å². The van der Waals surface area contributed by atoms with Gasteiger partial charge in [-0.15, -0.1) is 5.10 Å². The summed E-state index contributed by atoms with van der Waals surface area (Å²) in [5.74, 6) is -0.879. The molecule has 3 rings (SSSR count). The lowest BCUT2D eigenvalue weighted by Crippen LogP contribution is -2.41. The number of hydrogen-bond acceptors (Lipinski definition) is 4. The van der Waals surface area contributed by atoms with Crippen LogP contribution in [0.3, 0.4) is 0 Å². The number of nitrogens with two attached hydrogens (primary N) is 1. The molecule has 158 valence electrons. The number of amides is 1. The Kier molecular flexibility index (Phi) is 5.47. The van der Waals surface area contributed by atoms with Crippen molar-refractivity contribution in [2.24, 2.45) is 5.73 Å². The number of rotatable bonds is 6. The number of primary amides is 1. The van der Waals surface area contributed by atoms with E-state index in [-0.39, 0.29) is 0 Å². The molecule has 0 unspecified atom stereocenters. The van der Waals surface area contributed by atoms with Gasteiger partial charge in [-0.25, -0.2) is 9.67 Å². The minimum atomic E-state index is -5.83. The zero-order valence-electron chi connectivity index (χ0n) is 15.5. The Morgan fingerprint density at radius 1 is 1.10 bits per heavy atom. The summed E-state index contributed by atoms with van der Waals surface area (Å²) < 4.78 is 67.7. The number of aryl methyl sites for hydroxylation is 1. The van der Waals surface area contributed by atoms with Crippen LogP contribution in [-0.2, 0) is 6.42 Å². The van der Waals surface area contributed by atoms with Crippen LogP contribution in [0.25, 0.3) is 17.1 Å². The molecule has 0 aliphatic heterocycles. The second-order valence-corrected chi connectivity index (χ2v) is 6.21. The second-order valence-electron chi connectivity index (χ2n) is 6.21. The van der Waals surface area contributed by atoms with Crippen LogP contribution in [0.4, 0.5) is 22.0 Å². The maximum atomic E-state index is 13.0. The van der Waals surface area contributed by atoms with E-state index in [4.69, 9.17) is 5.73 Å². The monoisotopic (exact) mass is 426 g/mol. The van der Waals surface area contributed by atoms with Gasteiger partial charge in [0.05, 0.1) is 5.69 Å². The van der Waals surface area contributed by atoms with Crippen molar-refractivity contribution in [3.8, 4) is 22.8 Å². The smallest absolute Gasteiger partial charge is 0.426 e. The van der Waals surface area contributed by atoms with Gasteiger partial charge >= 0.3 is 12.3 Å². The second kappa shape index (κ2) is 7.73. The van der Waals surface area contributed by atoms with Crippen LogP contribution >= 0.6 is 0 Å². The summed E-state index contributed by atoms with van der Waals surface area (Å²) in [5, 5.41) is 4.26. The van der Waals surface area contributed by atoms with Gasteiger partial charge in [-0.2, -0.15) is 22.0 Å². The predicted molar refractivity (Wildman–Crippen MR) is 96.3 cm³/mol. The van der Waals surface area contributed by atoms with Gasteiger partial charge in [0.2, 0.25) is 5.91 Å². The van der Waals surface area contributed by atoms with Crippen molar-refractivity contribution in [2.75, 3.05) is 0 Å². The van der Waals surface area contributed by atoms with Gasteiger partial charge in [-0.05, 0) is 48.4 Å². The summed E-state index contributed by atoms with van der Waals surface area (Å²) in [6.07, 6.45) is -9.21. The third kappa shape index (κ3) is 4.24. The van der Waals surface area contributed by atoms with E-state index in [1.54, 1.807) is 18.2 Å². The molecule has 3 aromatic rings. The molecule has 0 aliphatic rings. The van der Waals surface area contributed by atoms with Crippen molar-refractivity contribution < 1.29 is 31.5 Å². The van der Waals surface area contributed by atoms with Crippen LogP contribution in [0.2, 0.25) is 0 Å². The fourth-order valence-electron chi connectivity index (χ4n) is 2.66. The number of carbonyl (C=O) groups is 1. The Balaban J connectivity index is 1.82. The van der Waals surface area contributed by atoms with Gasteiger partial charge in [0.1, 0.15) is 12.1 Å². The maximum absolute atomic E-state index is 13.0. The molecule has 1 amide bonds. The molecule has 0 fully saturated rings. The van der Waals surface area contributed by atoms with Crippen molar-refractivity contribution >= 4 is 5.91 Å². The molecule has 30 heavy (non-hydrogen) atoms. The highest BCUT2D eigenvalue weighted by molar-refractivity contribution is 5.94.